The molecule has 1 aliphatic carbocycles. The smallest absolute Gasteiger partial charge is 0.260 e. The average Bonchev–Trinajstić information content (AvgIpc) is 3.26. The van der Waals surface area contributed by atoms with E-state index >= 15 is 0 Å². The van der Waals surface area contributed by atoms with E-state index in [0.29, 0.717) is 5.75 Å². The van der Waals surface area contributed by atoms with Crippen molar-refractivity contribution in [3.63, 3.8) is 0 Å². The van der Waals surface area contributed by atoms with Crippen molar-refractivity contribution < 1.29 is 9.53 Å². The molecule has 0 aliphatic heterocycles. The number of amides is 1. The third-order valence-electron chi connectivity index (χ3n) is 4.99. The molecule has 0 saturated heterocycles. The molecule has 0 unspecified atom stereocenters. The van der Waals surface area contributed by atoms with Crippen molar-refractivity contribution in [3.8, 4) is 11.4 Å². The predicted molar refractivity (Wildman–Crippen MR) is 99.5 cm³/mol. The third kappa shape index (κ3) is 3.67. The zero-order valence-corrected chi connectivity index (χ0v) is 15.2. The zero-order chi connectivity index (χ0) is 18.6. The quantitative estimate of drug-likeness (QED) is 0.697. The van der Waals surface area contributed by atoms with Crippen molar-refractivity contribution in [1.82, 2.24) is 25.1 Å². The highest BCUT2D eigenvalue weighted by atomic mass is 16.5. The molecule has 7 heteroatoms. The van der Waals surface area contributed by atoms with E-state index in [1.165, 1.54) is 17.5 Å². The fraction of sp³-hybridized carbons (Fsp3) is 0.300. The molecule has 0 fully saturated rings. The van der Waals surface area contributed by atoms with Crippen LogP contribution in [0.4, 0.5) is 0 Å². The maximum atomic E-state index is 12.7. The van der Waals surface area contributed by atoms with Gasteiger partial charge in [-0.3, -0.25) is 4.79 Å². The molecule has 1 amide bonds. The number of hydrogen-bond donors (Lipinski definition) is 0. The van der Waals surface area contributed by atoms with E-state index in [-0.39, 0.29) is 18.6 Å². The molecular formula is C20H21N5O2. The number of aromatic nitrogens is 4. The summed E-state index contributed by atoms with van der Waals surface area (Å²) in [5.74, 6) is 0.568. The number of fused-ring (bicyclic) bond motifs is 1. The number of benzene rings is 2. The second-order valence-corrected chi connectivity index (χ2v) is 6.65. The van der Waals surface area contributed by atoms with Crippen molar-refractivity contribution in [3.05, 3.63) is 66.0 Å². The lowest BCUT2D eigenvalue weighted by Crippen LogP contribution is -2.36. The van der Waals surface area contributed by atoms with Crippen LogP contribution in [0.5, 0.6) is 5.75 Å². The lowest BCUT2D eigenvalue weighted by atomic mass is 9.87. The Balaban J connectivity index is 1.42. The van der Waals surface area contributed by atoms with E-state index in [9.17, 15) is 4.79 Å². The number of tetrazole rings is 1. The molecule has 27 heavy (non-hydrogen) atoms. The van der Waals surface area contributed by atoms with Crippen molar-refractivity contribution in [2.45, 2.75) is 25.3 Å². The molecule has 0 saturated carbocycles. The fourth-order valence-corrected chi connectivity index (χ4v) is 3.55. The summed E-state index contributed by atoms with van der Waals surface area (Å²) in [6.07, 6.45) is 4.66. The first-order valence-electron chi connectivity index (χ1n) is 9.02. The summed E-state index contributed by atoms with van der Waals surface area (Å²) in [5, 5.41) is 11.1. The predicted octanol–water partition coefficient (Wildman–Crippen LogP) is 2.58. The molecule has 0 spiro atoms. The molecule has 3 aromatic rings. The first kappa shape index (κ1) is 17.2. The number of likely N-dealkylation sites (N-methyl/N-ethyl adjacent to an activating group) is 1. The molecule has 1 atom stereocenters. The Morgan fingerprint density at radius 3 is 3.00 bits per heavy atom. The van der Waals surface area contributed by atoms with Gasteiger partial charge in [0, 0.05) is 13.1 Å². The molecule has 4 rings (SSSR count). The van der Waals surface area contributed by atoms with E-state index in [0.717, 1.165) is 24.9 Å². The van der Waals surface area contributed by atoms with Crippen LogP contribution in [0.2, 0.25) is 0 Å². The molecular weight excluding hydrogens is 342 g/mol. The average molecular weight is 363 g/mol. The Labute approximate surface area is 157 Å². The largest absolute Gasteiger partial charge is 0.484 e. The van der Waals surface area contributed by atoms with Gasteiger partial charge in [0.05, 0.1) is 11.7 Å². The van der Waals surface area contributed by atoms with Crippen LogP contribution in [0.25, 0.3) is 5.69 Å². The topological polar surface area (TPSA) is 73.1 Å². The number of rotatable bonds is 5. The Bertz CT molecular complexity index is 926. The monoisotopic (exact) mass is 363 g/mol. The fourth-order valence-electron chi connectivity index (χ4n) is 3.55. The van der Waals surface area contributed by atoms with Crippen LogP contribution in [0.3, 0.4) is 0 Å². The van der Waals surface area contributed by atoms with Gasteiger partial charge in [0.15, 0.2) is 6.61 Å². The minimum atomic E-state index is -0.0375. The SMILES string of the molecule is CN(C(=O)COc1cccc(-n2cnnn2)c1)[C@@H]1CCCc2ccccc21. The molecule has 1 aliphatic rings. The van der Waals surface area contributed by atoms with Crippen LogP contribution >= 0.6 is 0 Å². The minimum Gasteiger partial charge on any atom is -0.484 e. The van der Waals surface area contributed by atoms with Gasteiger partial charge in [-0.25, -0.2) is 4.68 Å². The second kappa shape index (κ2) is 7.57. The first-order chi connectivity index (χ1) is 13.2. The van der Waals surface area contributed by atoms with Gasteiger partial charge in [-0.2, -0.15) is 0 Å². The zero-order valence-electron chi connectivity index (χ0n) is 15.2. The molecule has 1 aromatic heterocycles. The number of ether oxygens (including phenoxy) is 1. The van der Waals surface area contributed by atoms with E-state index in [4.69, 9.17) is 4.74 Å². The van der Waals surface area contributed by atoms with Gasteiger partial charge in [0.2, 0.25) is 0 Å². The van der Waals surface area contributed by atoms with Gasteiger partial charge >= 0.3 is 0 Å². The minimum absolute atomic E-state index is 0.00573. The van der Waals surface area contributed by atoms with Crippen LogP contribution < -0.4 is 4.74 Å². The molecule has 7 nitrogen and oxygen atoms in total. The highest BCUT2D eigenvalue weighted by Crippen LogP contribution is 2.33. The van der Waals surface area contributed by atoms with Gasteiger partial charge < -0.3 is 9.64 Å². The van der Waals surface area contributed by atoms with Crippen LogP contribution in [0.15, 0.2) is 54.9 Å². The molecule has 0 radical (unpaired) electrons. The summed E-state index contributed by atoms with van der Waals surface area (Å²) < 4.78 is 7.27. The number of hydrogen-bond acceptors (Lipinski definition) is 5. The summed E-state index contributed by atoms with van der Waals surface area (Å²) in [4.78, 5) is 14.5. The number of carbonyl (C=O) groups excluding carboxylic acids is 1. The normalized spacial score (nSPS) is 15.8. The lowest BCUT2D eigenvalue weighted by Gasteiger charge is -2.33. The standard InChI is InChI=1S/C20H21N5O2/c1-24(19-11-4-7-15-6-2-3-10-18(15)19)20(26)13-27-17-9-5-8-16(12-17)25-14-21-22-23-25/h2-3,5-6,8-10,12,14,19H,4,7,11,13H2,1H3/t19-/m1/s1. The highest BCUT2D eigenvalue weighted by molar-refractivity contribution is 5.78. The molecule has 2 aromatic carbocycles. The molecule has 138 valence electrons. The number of carbonyl (C=O) groups is 1. The maximum absolute atomic E-state index is 12.7. The Hall–Kier alpha value is -3.22. The highest BCUT2D eigenvalue weighted by Gasteiger charge is 2.26. The van der Waals surface area contributed by atoms with Gasteiger partial charge in [0.25, 0.3) is 5.91 Å². The van der Waals surface area contributed by atoms with Crippen molar-refractivity contribution in [2.75, 3.05) is 13.7 Å². The summed E-state index contributed by atoms with van der Waals surface area (Å²) >= 11 is 0. The molecule has 0 bridgehead atoms. The second-order valence-electron chi connectivity index (χ2n) is 6.65. The van der Waals surface area contributed by atoms with Crippen LogP contribution in [0.1, 0.15) is 30.0 Å². The summed E-state index contributed by atoms with van der Waals surface area (Å²) in [6.45, 7) is -0.00573. The van der Waals surface area contributed by atoms with Gasteiger partial charge in [-0.15, -0.1) is 5.10 Å². The van der Waals surface area contributed by atoms with Crippen LogP contribution in [-0.4, -0.2) is 44.7 Å². The third-order valence-corrected chi connectivity index (χ3v) is 4.99. The summed E-state index contributed by atoms with van der Waals surface area (Å²) in [6, 6.07) is 15.8. The first-order valence-corrected chi connectivity index (χ1v) is 9.02. The van der Waals surface area contributed by atoms with E-state index in [1.807, 2.05) is 36.2 Å². The lowest BCUT2D eigenvalue weighted by molar-refractivity contribution is -0.134. The number of aryl methyl sites for hydroxylation is 1. The summed E-state index contributed by atoms with van der Waals surface area (Å²) in [7, 11) is 1.86. The van der Waals surface area contributed by atoms with E-state index < -0.39 is 0 Å². The van der Waals surface area contributed by atoms with E-state index in [2.05, 4.69) is 33.7 Å². The van der Waals surface area contributed by atoms with Crippen molar-refractivity contribution in [1.29, 1.82) is 0 Å². The Kier molecular flexibility index (Phi) is 4.82. The van der Waals surface area contributed by atoms with Gasteiger partial charge in [-0.05, 0) is 52.9 Å². The van der Waals surface area contributed by atoms with Gasteiger partial charge in [0.1, 0.15) is 12.1 Å². The van der Waals surface area contributed by atoms with Crippen molar-refractivity contribution in [2.24, 2.45) is 0 Å². The maximum Gasteiger partial charge on any atom is 0.260 e. The molecule has 1 heterocycles. The Morgan fingerprint density at radius 1 is 1.26 bits per heavy atom. The van der Waals surface area contributed by atoms with Crippen LogP contribution in [0, 0.1) is 0 Å². The van der Waals surface area contributed by atoms with Gasteiger partial charge in [-0.1, -0.05) is 30.3 Å². The Morgan fingerprint density at radius 2 is 2.15 bits per heavy atom. The van der Waals surface area contributed by atoms with E-state index in [1.54, 1.807) is 10.7 Å². The van der Waals surface area contributed by atoms with Crippen LogP contribution in [-0.2, 0) is 11.2 Å². The summed E-state index contributed by atoms with van der Waals surface area (Å²) in [5.41, 5.74) is 3.36. The molecule has 0 N–H and O–H groups in total. The van der Waals surface area contributed by atoms with Crippen molar-refractivity contribution >= 4 is 5.91 Å². The number of nitrogens with zero attached hydrogens (tertiary/aromatic N) is 5.